The van der Waals surface area contributed by atoms with Gasteiger partial charge in [0, 0.05) is 37.1 Å². The molecular formula is C21H20N4O3. The topological polar surface area (TPSA) is 93.2 Å². The predicted molar refractivity (Wildman–Crippen MR) is 105 cm³/mol. The summed E-state index contributed by atoms with van der Waals surface area (Å²) in [5.41, 5.74) is 1.95. The second kappa shape index (κ2) is 8.14. The minimum absolute atomic E-state index is 0.0576. The first-order valence-corrected chi connectivity index (χ1v) is 9.20. The van der Waals surface area contributed by atoms with E-state index in [1.807, 2.05) is 24.3 Å². The zero-order valence-corrected chi connectivity index (χ0v) is 15.2. The summed E-state index contributed by atoms with van der Waals surface area (Å²) in [5, 5.41) is 6.62. The molecule has 0 bridgehead atoms. The maximum absolute atomic E-state index is 12.7. The van der Waals surface area contributed by atoms with Crippen molar-refractivity contribution >= 4 is 28.4 Å². The third-order valence-corrected chi connectivity index (χ3v) is 4.66. The van der Waals surface area contributed by atoms with Gasteiger partial charge in [-0.3, -0.25) is 19.6 Å². The molecule has 0 aliphatic carbocycles. The normalized spacial score (nSPS) is 16.1. The highest BCUT2D eigenvalue weighted by Gasteiger charge is 2.18. The average Bonchev–Trinajstić information content (AvgIpc) is 3.26. The van der Waals surface area contributed by atoms with Crippen LogP contribution in [0, 0.1) is 0 Å². The third-order valence-electron chi connectivity index (χ3n) is 4.66. The molecule has 0 spiro atoms. The lowest BCUT2D eigenvalue weighted by Crippen LogP contribution is -2.32. The van der Waals surface area contributed by atoms with Gasteiger partial charge < -0.3 is 15.4 Å². The summed E-state index contributed by atoms with van der Waals surface area (Å²) < 4.78 is 5.50. The van der Waals surface area contributed by atoms with Crippen LogP contribution in [0.2, 0.25) is 0 Å². The number of carbonyl (C=O) groups is 2. The van der Waals surface area contributed by atoms with Gasteiger partial charge in [0.2, 0.25) is 0 Å². The van der Waals surface area contributed by atoms with E-state index >= 15 is 0 Å². The van der Waals surface area contributed by atoms with Crippen molar-refractivity contribution < 1.29 is 14.3 Å². The number of amides is 2. The van der Waals surface area contributed by atoms with Gasteiger partial charge in [0.15, 0.2) is 0 Å². The zero-order valence-electron chi connectivity index (χ0n) is 15.2. The Hall–Kier alpha value is -3.32. The molecule has 142 valence electrons. The molecule has 3 heterocycles. The number of rotatable bonds is 5. The Bertz CT molecular complexity index is 1010. The van der Waals surface area contributed by atoms with Crippen LogP contribution >= 0.6 is 0 Å². The Morgan fingerprint density at radius 1 is 1.11 bits per heavy atom. The summed E-state index contributed by atoms with van der Waals surface area (Å²) in [5.74, 6) is -0.621. The Labute approximate surface area is 162 Å². The van der Waals surface area contributed by atoms with E-state index in [1.54, 1.807) is 12.3 Å². The number of anilines is 1. The van der Waals surface area contributed by atoms with E-state index in [0.29, 0.717) is 28.9 Å². The number of aromatic nitrogens is 2. The van der Waals surface area contributed by atoms with Crippen molar-refractivity contribution in [2.24, 2.45) is 0 Å². The van der Waals surface area contributed by atoms with E-state index in [-0.39, 0.29) is 17.9 Å². The molecule has 1 atom stereocenters. The number of pyridine rings is 2. The van der Waals surface area contributed by atoms with Crippen LogP contribution in [-0.2, 0) is 4.74 Å². The number of ether oxygens (including phenoxy) is 1. The highest BCUT2D eigenvalue weighted by atomic mass is 16.5. The number of fused-ring (bicyclic) bond motifs is 1. The summed E-state index contributed by atoms with van der Waals surface area (Å²) in [4.78, 5) is 33.4. The minimum Gasteiger partial charge on any atom is -0.376 e. The number of nitrogens with one attached hydrogen (secondary N) is 2. The summed E-state index contributed by atoms with van der Waals surface area (Å²) in [6.45, 7) is 1.19. The van der Waals surface area contributed by atoms with Crippen LogP contribution in [0.1, 0.15) is 33.6 Å². The van der Waals surface area contributed by atoms with Gasteiger partial charge in [-0.2, -0.15) is 0 Å². The van der Waals surface area contributed by atoms with Crippen molar-refractivity contribution in [3.63, 3.8) is 0 Å². The van der Waals surface area contributed by atoms with Gasteiger partial charge in [-0.05, 0) is 31.0 Å². The quantitative estimate of drug-likeness (QED) is 0.714. The van der Waals surface area contributed by atoms with E-state index < -0.39 is 0 Å². The van der Waals surface area contributed by atoms with Crippen molar-refractivity contribution in [1.29, 1.82) is 0 Å². The lowest BCUT2D eigenvalue weighted by Gasteiger charge is -2.11. The zero-order chi connectivity index (χ0) is 19.3. The highest BCUT2D eigenvalue weighted by molar-refractivity contribution is 6.09. The molecule has 3 aromatic rings. The van der Waals surface area contributed by atoms with Crippen LogP contribution in [-0.4, -0.2) is 41.0 Å². The fourth-order valence-corrected chi connectivity index (χ4v) is 3.20. The second-order valence-corrected chi connectivity index (χ2v) is 6.64. The van der Waals surface area contributed by atoms with Crippen molar-refractivity contribution in [2.45, 2.75) is 18.9 Å². The fourth-order valence-electron chi connectivity index (χ4n) is 3.20. The van der Waals surface area contributed by atoms with Crippen molar-refractivity contribution in [3.8, 4) is 0 Å². The molecule has 1 aromatic carbocycles. The summed E-state index contributed by atoms with van der Waals surface area (Å²) in [7, 11) is 0. The van der Waals surface area contributed by atoms with E-state index in [0.717, 1.165) is 24.8 Å². The van der Waals surface area contributed by atoms with Crippen molar-refractivity contribution in [2.75, 3.05) is 18.5 Å². The SMILES string of the molecule is O=C(NCC1CCCO1)c1cncc(C(=O)Nc2cccc3cccnc23)c1. The first-order valence-electron chi connectivity index (χ1n) is 9.20. The lowest BCUT2D eigenvalue weighted by atomic mass is 10.1. The van der Waals surface area contributed by atoms with Crippen LogP contribution in [0.25, 0.3) is 10.9 Å². The molecule has 28 heavy (non-hydrogen) atoms. The number of benzene rings is 1. The van der Waals surface area contributed by atoms with Crippen molar-refractivity contribution in [3.05, 3.63) is 66.1 Å². The first-order chi connectivity index (χ1) is 13.7. The maximum atomic E-state index is 12.7. The Morgan fingerprint density at radius 3 is 2.75 bits per heavy atom. The van der Waals surface area contributed by atoms with E-state index in [4.69, 9.17) is 4.74 Å². The molecule has 7 heteroatoms. The molecule has 0 radical (unpaired) electrons. The van der Waals surface area contributed by atoms with Gasteiger partial charge >= 0.3 is 0 Å². The second-order valence-electron chi connectivity index (χ2n) is 6.64. The average molecular weight is 376 g/mol. The van der Waals surface area contributed by atoms with Crippen LogP contribution in [0.3, 0.4) is 0 Å². The molecule has 2 amide bonds. The van der Waals surface area contributed by atoms with Gasteiger partial charge in [-0.1, -0.05) is 18.2 Å². The number of hydrogen-bond acceptors (Lipinski definition) is 5. The number of carbonyl (C=O) groups excluding carboxylic acids is 2. The summed E-state index contributed by atoms with van der Waals surface area (Å²) in [6.07, 6.45) is 6.58. The first kappa shape index (κ1) is 18.1. The van der Waals surface area contributed by atoms with Gasteiger partial charge in [-0.15, -0.1) is 0 Å². The molecule has 2 N–H and O–H groups in total. The molecule has 0 saturated carbocycles. The monoisotopic (exact) mass is 376 g/mol. The largest absolute Gasteiger partial charge is 0.376 e. The van der Waals surface area contributed by atoms with Crippen LogP contribution in [0.4, 0.5) is 5.69 Å². The lowest BCUT2D eigenvalue weighted by molar-refractivity contribution is 0.0857. The molecule has 2 aromatic heterocycles. The predicted octanol–water partition coefficient (Wildman–Crippen LogP) is 2.79. The summed E-state index contributed by atoms with van der Waals surface area (Å²) in [6, 6.07) is 10.9. The van der Waals surface area contributed by atoms with Crippen LogP contribution < -0.4 is 10.6 Å². The van der Waals surface area contributed by atoms with E-state index in [9.17, 15) is 9.59 Å². The molecule has 1 fully saturated rings. The van der Waals surface area contributed by atoms with Crippen LogP contribution in [0.5, 0.6) is 0 Å². The Morgan fingerprint density at radius 2 is 1.93 bits per heavy atom. The van der Waals surface area contributed by atoms with Gasteiger partial charge in [0.1, 0.15) is 0 Å². The number of hydrogen-bond donors (Lipinski definition) is 2. The Balaban J connectivity index is 1.47. The van der Waals surface area contributed by atoms with Gasteiger partial charge in [0.25, 0.3) is 11.8 Å². The fraction of sp³-hybridized carbons (Fsp3) is 0.238. The van der Waals surface area contributed by atoms with Crippen molar-refractivity contribution in [1.82, 2.24) is 15.3 Å². The molecule has 1 unspecified atom stereocenters. The van der Waals surface area contributed by atoms with Crippen LogP contribution in [0.15, 0.2) is 55.0 Å². The molecule has 1 aliphatic rings. The number of nitrogens with zero attached hydrogens (tertiary/aromatic N) is 2. The molecular weight excluding hydrogens is 356 g/mol. The van der Waals surface area contributed by atoms with E-state index in [2.05, 4.69) is 20.6 Å². The highest BCUT2D eigenvalue weighted by Crippen LogP contribution is 2.21. The molecule has 1 aliphatic heterocycles. The minimum atomic E-state index is -0.348. The molecule has 4 rings (SSSR count). The molecule has 1 saturated heterocycles. The summed E-state index contributed by atoms with van der Waals surface area (Å²) >= 11 is 0. The van der Waals surface area contributed by atoms with Gasteiger partial charge in [-0.25, -0.2) is 0 Å². The van der Waals surface area contributed by atoms with Gasteiger partial charge in [0.05, 0.1) is 28.4 Å². The standard InChI is InChI=1S/C21H20N4O3/c26-20(24-13-17-6-3-9-28-17)15-10-16(12-22-11-15)21(27)25-18-7-1-4-14-5-2-8-23-19(14)18/h1-2,4-5,7-8,10-12,17H,3,6,9,13H2,(H,24,26)(H,25,27). The number of para-hydroxylation sites is 1. The smallest absolute Gasteiger partial charge is 0.257 e. The maximum Gasteiger partial charge on any atom is 0.257 e. The molecule has 7 nitrogen and oxygen atoms in total. The Kier molecular flexibility index (Phi) is 5.25. The van der Waals surface area contributed by atoms with E-state index in [1.165, 1.54) is 18.5 Å². The third kappa shape index (κ3) is 3.99.